The third kappa shape index (κ3) is 3.41. The fraction of sp³-hybridized carbons (Fsp3) is 0.154. The van der Waals surface area contributed by atoms with Crippen LogP contribution < -0.4 is 10.5 Å². The van der Waals surface area contributed by atoms with Crippen LogP contribution in [-0.2, 0) is 16.6 Å². The van der Waals surface area contributed by atoms with Crippen LogP contribution in [0.2, 0.25) is 0 Å². The van der Waals surface area contributed by atoms with E-state index in [2.05, 4.69) is 4.72 Å². The molecule has 0 aliphatic carbocycles. The maximum Gasteiger partial charge on any atom is 0.337 e. The van der Waals surface area contributed by atoms with Gasteiger partial charge in [0, 0.05) is 5.69 Å². The molecule has 0 unspecified atom stereocenters. The maximum absolute atomic E-state index is 12.2. The summed E-state index contributed by atoms with van der Waals surface area (Å²) < 4.78 is 32.0. The van der Waals surface area contributed by atoms with Gasteiger partial charge in [-0.15, -0.1) is 0 Å². The lowest BCUT2D eigenvalue weighted by Crippen LogP contribution is -2.25. The van der Waals surface area contributed by atoms with Gasteiger partial charge in [0.25, 0.3) is 0 Å². The molecule has 0 saturated carbocycles. The molecule has 0 fully saturated rings. The molecule has 1 aromatic carbocycles. The summed E-state index contributed by atoms with van der Waals surface area (Å²) in [6.07, 6.45) is 0. The second-order valence-electron chi connectivity index (χ2n) is 4.40. The second-order valence-corrected chi connectivity index (χ2v) is 6.13. The summed E-state index contributed by atoms with van der Waals surface area (Å²) in [6.45, 7) is 1.66. The normalized spacial score (nSPS) is 11.5. The number of benzene rings is 1. The van der Waals surface area contributed by atoms with Crippen molar-refractivity contribution in [2.45, 2.75) is 18.4 Å². The van der Waals surface area contributed by atoms with Crippen LogP contribution in [0.25, 0.3) is 0 Å². The first-order chi connectivity index (χ1) is 9.79. The van der Waals surface area contributed by atoms with Gasteiger partial charge in [-0.1, -0.05) is 0 Å². The number of rotatable bonds is 5. The average Bonchev–Trinajstić information content (AvgIpc) is 2.82. The number of nitrogens with one attached hydrogen (secondary N) is 1. The van der Waals surface area contributed by atoms with Crippen LogP contribution in [0.15, 0.2) is 39.6 Å². The summed E-state index contributed by atoms with van der Waals surface area (Å²) in [6, 6.07) is 6.93. The fourth-order valence-corrected chi connectivity index (χ4v) is 2.99. The first-order valence-electron chi connectivity index (χ1n) is 5.97. The number of carbonyl (C=O) groups is 1. The number of carboxylic acid groups (broad SMARTS) is 1. The Morgan fingerprint density at radius 1 is 1.33 bits per heavy atom. The summed E-state index contributed by atoms with van der Waals surface area (Å²) in [7, 11) is -4.02. The first-order valence-corrected chi connectivity index (χ1v) is 7.46. The van der Waals surface area contributed by atoms with E-state index < -0.39 is 16.0 Å². The number of sulfonamides is 1. The smallest absolute Gasteiger partial charge is 0.337 e. The van der Waals surface area contributed by atoms with Crippen molar-refractivity contribution in [3.63, 3.8) is 0 Å². The van der Waals surface area contributed by atoms with Crippen molar-refractivity contribution in [3.05, 3.63) is 47.4 Å². The van der Waals surface area contributed by atoms with Crippen molar-refractivity contribution in [3.8, 4) is 0 Å². The number of hydrogen-bond donors (Lipinski definition) is 3. The zero-order valence-corrected chi connectivity index (χ0v) is 12.0. The molecule has 0 spiro atoms. The highest BCUT2D eigenvalue weighted by molar-refractivity contribution is 7.89. The molecule has 0 radical (unpaired) electrons. The number of nitrogens with two attached hydrogens (primary N) is 1. The molecule has 0 aliphatic heterocycles. The Morgan fingerprint density at radius 2 is 2.05 bits per heavy atom. The number of anilines is 1. The van der Waals surface area contributed by atoms with E-state index in [1.807, 2.05) is 0 Å². The van der Waals surface area contributed by atoms with E-state index in [4.69, 9.17) is 15.3 Å². The summed E-state index contributed by atoms with van der Waals surface area (Å²) in [5.74, 6) is -0.263. The lowest BCUT2D eigenvalue weighted by molar-refractivity contribution is 0.0692. The Bertz CT molecular complexity index is 780. The van der Waals surface area contributed by atoms with Gasteiger partial charge in [0.05, 0.1) is 17.0 Å². The third-order valence-electron chi connectivity index (χ3n) is 2.76. The van der Waals surface area contributed by atoms with Crippen molar-refractivity contribution >= 4 is 21.7 Å². The van der Waals surface area contributed by atoms with Gasteiger partial charge in [0.1, 0.15) is 11.5 Å². The number of hydrogen-bond acceptors (Lipinski definition) is 5. The molecule has 21 heavy (non-hydrogen) atoms. The lowest BCUT2D eigenvalue weighted by Gasteiger charge is -2.09. The van der Waals surface area contributed by atoms with Crippen LogP contribution in [0.4, 0.5) is 5.69 Å². The van der Waals surface area contributed by atoms with Crippen LogP contribution in [0, 0.1) is 6.92 Å². The molecular formula is C13H14N2O5S. The van der Waals surface area contributed by atoms with E-state index in [1.54, 1.807) is 19.1 Å². The Balaban J connectivity index is 2.31. The molecule has 4 N–H and O–H groups in total. The van der Waals surface area contributed by atoms with Gasteiger partial charge >= 0.3 is 5.97 Å². The number of furan rings is 1. The van der Waals surface area contributed by atoms with Crippen LogP contribution in [0.1, 0.15) is 21.9 Å². The first kappa shape index (κ1) is 15.1. The molecule has 0 saturated heterocycles. The van der Waals surface area contributed by atoms with Crippen molar-refractivity contribution in [1.82, 2.24) is 4.72 Å². The molecular weight excluding hydrogens is 296 g/mol. The van der Waals surface area contributed by atoms with Crippen molar-refractivity contribution in [2.24, 2.45) is 0 Å². The number of carboxylic acids is 1. The average molecular weight is 310 g/mol. The molecule has 1 heterocycles. The van der Waals surface area contributed by atoms with Gasteiger partial charge in [-0.2, -0.15) is 0 Å². The van der Waals surface area contributed by atoms with Crippen molar-refractivity contribution in [2.75, 3.05) is 5.73 Å². The Morgan fingerprint density at radius 3 is 2.62 bits per heavy atom. The van der Waals surface area contributed by atoms with Gasteiger partial charge in [-0.3, -0.25) is 0 Å². The summed E-state index contributed by atoms with van der Waals surface area (Å²) in [5.41, 5.74) is 5.35. The molecule has 0 aliphatic rings. The van der Waals surface area contributed by atoms with Crippen LogP contribution >= 0.6 is 0 Å². The molecule has 1 aromatic heterocycles. The predicted octanol–water partition coefficient (Wildman–Crippen LogP) is 1.35. The Hall–Kier alpha value is -2.32. The molecule has 2 rings (SSSR count). The number of aryl methyl sites for hydroxylation is 1. The minimum atomic E-state index is -4.02. The van der Waals surface area contributed by atoms with E-state index in [-0.39, 0.29) is 22.7 Å². The molecule has 2 aromatic rings. The van der Waals surface area contributed by atoms with Gasteiger partial charge in [0.2, 0.25) is 10.0 Å². The topological polar surface area (TPSA) is 123 Å². The molecule has 0 amide bonds. The van der Waals surface area contributed by atoms with E-state index in [9.17, 15) is 13.2 Å². The molecule has 112 valence electrons. The van der Waals surface area contributed by atoms with E-state index in [0.29, 0.717) is 11.5 Å². The lowest BCUT2D eigenvalue weighted by atomic mass is 10.2. The number of aromatic carboxylic acids is 1. The van der Waals surface area contributed by atoms with Gasteiger partial charge in [0.15, 0.2) is 0 Å². The zero-order valence-electron chi connectivity index (χ0n) is 11.2. The summed E-state index contributed by atoms with van der Waals surface area (Å²) >= 11 is 0. The quantitative estimate of drug-likeness (QED) is 0.716. The molecule has 8 heteroatoms. The minimum Gasteiger partial charge on any atom is -0.478 e. The highest BCUT2D eigenvalue weighted by Crippen LogP contribution is 2.19. The van der Waals surface area contributed by atoms with Crippen LogP contribution in [-0.4, -0.2) is 19.5 Å². The standard InChI is InChI=1S/C13H14N2O5S/c1-8-2-4-10(20-8)7-15-21(18,19)12-6-9(14)3-5-11(12)13(16)17/h2-6,15H,7,14H2,1H3,(H,16,17). The van der Waals surface area contributed by atoms with E-state index >= 15 is 0 Å². The molecule has 7 nitrogen and oxygen atoms in total. The van der Waals surface area contributed by atoms with E-state index in [1.165, 1.54) is 6.07 Å². The minimum absolute atomic E-state index is 0.0793. The van der Waals surface area contributed by atoms with Crippen molar-refractivity contribution in [1.29, 1.82) is 0 Å². The Kier molecular flexibility index (Phi) is 4.01. The second kappa shape index (κ2) is 5.58. The zero-order chi connectivity index (χ0) is 15.6. The largest absolute Gasteiger partial charge is 0.478 e. The molecule has 0 bridgehead atoms. The van der Waals surface area contributed by atoms with Gasteiger partial charge in [-0.05, 0) is 37.3 Å². The van der Waals surface area contributed by atoms with Crippen LogP contribution in [0.3, 0.4) is 0 Å². The van der Waals surface area contributed by atoms with Gasteiger partial charge in [-0.25, -0.2) is 17.9 Å². The highest BCUT2D eigenvalue weighted by Gasteiger charge is 2.22. The Labute approximate surface area is 121 Å². The molecule has 0 atom stereocenters. The SMILES string of the molecule is Cc1ccc(CNS(=O)(=O)c2cc(N)ccc2C(=O)O)o1. The maximum atomic E-state index is 12.2. The fourth-order valence-electron chi connectivity index (χ4n) is 1.76. The predicted molar refractivity (Wildman–Crippen MR) is 75.3 cm³/mol. The van der Waals surface area contributed by atoms with Gasteiger partial charge < -0.3 is 15.3 Å². The van der Waals surface area contributed by atoms with E-state index in [0.717, 1.165) is 12.1 Å². The van der Waals surface area contributed by atoms with Crippen LogP contribution in [0.5, 0.6) is 0 Å². The van der Waals surface area contributed by atoms with Crippen molar-refractivity contribution < 1.29 is 22.7 Å². The highest BCUT2D eigenvalue weighted by atomic mass is 32.2. The third-order valence-corrected chi connectivity index (χ3v) is 4.20. The number of nitrogen functional groups attached to an aromatic ring is 1. The summed E-state index contributed by atoms with van der Waals surface area (Å²) in [5, 5.41) is 9.06. The summed E-state index contributed by atoms with van der Waals surface area (Å²) in [4.78, 5) is 10.7. The monoisotopic (exact) mass is 310 g/mol.